The van der Waals surface area contributed by atoms with Crippen LogP contribution < -0.4 is 15.2 Å². The zero-order chi connectivity index (χ0) is 19.9. The fourth-order valence-electron chi connectivity index (χ4n) is 2.13. The molecular formula is C18H20N2O6S. The summed E-state index contributed by atoms with van der Waals surface area (Å²) in [6.45, 7) is 1.52. The SMILES string of the molecule is Cc1ccccc1OCCC(=O)OCC(=O)Nc1cccc(S(N)(=O)=O)c1. The lowest BCUT2D eigenvalue weighted by atomic mass is 10.2. The van der Waals surface area contributed by atoms with Gasteiger partial charge in [-0.2, -0.15) is 0 Å². The van der Waals surface area contributed by atoms with Crippen LogP contribution in [0.3, 0.4) is 0 Å². The molecule has 0 unspecified atom stereocenters. The number of hydrogen-bond acceptors (Lipinski definition) is 6. The number of carbonyl (C=O) groups is 2. The fourth-order valence-corrected chi connectivity index (χ4v) is 2.69. The Hall–Kier alpha value is -2.91. The monoisotopic (exact) mass is 392 g/mol. The number of amides is 1. The highest BCUT2D eigenvalue weighted by atomic mass is 32.2. The van der Waals surface area contributed by atoms with Crippen molar-refractivity contribution in [3.05, 3.63) is 54.1 Å². The van der Waals surface area contributed by atoms with Crippen LogP contribution in [0.4, 0.5) is 5.69 Å². The van der Waals surface area contributed by atoms with E-state index in [0.717, 1.165) is 5.56 Å². The number of nitrogens with one attached hydrogen (secondary N) is 1. The van der Waals surface area contributed by atoms with Crippen LogP contribution in [-0.4, -0.2) is 33.5 Å². The number of rotatable bonds is 8. The molecule has 144 valence electrons. The van der Waals surface area contributed by atoms with Gasteiger partial charge < -0.3 is 14.8 Å². The number of ether oxygens (including phenoxy) is 2. The molecule has 9 heteroatoms. The molecule has 0 aliphatic heterocycles. The molecule has 0 aliphatic carbocycles. The fraction of sp³-hybridized carbons (Fsp3) is 0.222. The smallest absolute Gasteiger partial charge is 0.309 e. The van der Waals surface area contributed by atoms with Crippen LogP contribution >= 0.6 is 0 Å². The van der Waals surface area contributed by atoms with Crippen LogP contribution in [-0.2, 0) is 24.3 Å². The van der Waals surface area contributed by atoms with E-state index >= 15 is 0 Å². The van der Waals surface area contributed by atoms with Gasteiger partial charge in [0.05, 0.1) is 17.9 Å². The van der Waals surface area contributed by atoms with E-state index in [1.165, 1.54) is 24.3 Å². The first-order valence-electron chi connectivity index (χ1n) is 8.02. The van der Waals surface area contributed by atoms with Crippen molar-refractivity contribution in [1.29, 1.82) is 0 Å². The normalized spacial score (nSPS) is 10.9. The molecule has 1 amide bonds. The summed E-state index contributed by atoms with van der Waals surface area (Å²) in [5.74, 6) is -0.510. The van der Waals surface area contributed by atoms with E-state index in [9.17, 15) is 18.0 Å². The van der Waals surface area contributed by atoms with Gasteiger partial charge in [0.1, 0.15) is 5.75 Å². The molecule has 3 N–H and O–H groups in total. The van der Waals surface area contributed by atoms with Crippen LogP contribution in [0.5, 0.6) is 5.75 Å². The lowest BCUT2D eigenvalue weighted by molar-refractivity contribution is -0.147. The van der Waals surface area contributed by atoms with E-state index in [4.69, 9.17) is 14.6 Å². The second-order valence-electron chi connectivity index (χ2n) is 5.65. The zero-order valence-corrected chi connectivity index (χ0v) is 15.5. The highest BCUT2D eigenvalue weighted by Crippen LogP contribution is 2.16. The Bertz CT molecular complexity index is 927. The molecule has 0 atom stereocenters. The van der Waals surface area contributed by atoms with E-state index in [1.807, 2.05) is 25.1 Å². The Morgan fingerprint density at radius 2 is 1.85 bits per heavy atom. The highest BCUT2D eigenvalue weighted by molar-refractivity contribution is 7.89. The largest absolute Gasteiger partial charge is 0.493 e. The molecule has 8 nitrogen and oxygen atoms in total. The Kier molecular flexibility index (Phi) is 6.91. The minimum Gasteiger partial charge on any atom is -0.493 e. The Labute approximate surface area is 157 Å². The summed E-state index contributed by atoms with van der Waals surface area (Å²) >= 11 is 0. The summed E-state index contributed by atoms with van der Waals surface area (Å²) < 4.78 is 32.9. The van der Waals surface area contributed by atoms with Gasteiger partial charge in [-0.05, 0) is 36.8 Å². The molecule has 0 spiro atoms. The molecule has 0 bridgehead atoms. The Balaban J connectivity index is 1.75. The first kappa shape index (κ1) is 20.4. The van der Waals surface area contributed by atoms with Crippen molar-refractivity contribution in [2.75, 3.05) is 18.5 Å². The van der Waals surface area contributed by atoms with Gasteiger partial charge >= 0.3 is 5.97 Å². The summed E-state index contributed by atoms with van der Waals surface area (Å²) in [6, 6.07) is 12.8. The van der Waals surface area contributed by atoms with Crippen molar-refractivity contribution < 1.29 is 27.5 Å². The molecule has 27 heavy (non-hydrogen) atoms. The van der Waals surface area contributed by atoms with Gasteiger partial charge in [0.2, 0.25) is 10.0 Å². The minimum atomic E-state index is -3.87. The van der Waals surface area contributed by atoms with Gasteiger partial charge in [-0.15, -0.1) is 0 Å². The van der Waals surface area contributed by atoms with Crippen molar-refractivity contribution in [1.82, 2.24) is 0 Å². The van der Waals surface area contributed by atoms with Gasteiger partial charge in [-0.25, -0.2) is 13.6 Å². The zero-order valence-electron chi connectivity index (χ0n) is 14.7. The second-order valence-corrected chi connectivity index (χ2v) is 7.21. The standard InChI is InChI=1S/C18H20N2O6S/c1-13-5-2-3-8-16(13)25-10-9-18(22)26-12-17(21)20-14-6-4-7-15(11-14)27(19,23)24/h2-8,11H,9-10,12H2,1H3,(H,20,21)(H2,19,23,24). The topological polar surface area (TPSA) is 125 Å². The maximum atomic E-state index is 11.8. The predicted octanol–water partition coefficient (Wildman–Crippen LogP) is 1.59. The van der Waals surface area contributed by atoms with Gasteiger partial charge in [0, 0.05) is 5.69 Å². The predicted molar refractivity (Wildman–Crippen MR) is 98.7 cm³/mol. The number of primary sulfonamides is 1. The van der Waals surface area contributed by atoms with Crippen LogP contribution in [0, 0.1) is 6.92 Å². The maximum absolute atomic E-state index is 11.8. The summed E-state index contributed by atoms with van der Waals surface area (Å²) in [7, 11) is -3.87. The van der Waals surface area contributed by atoms with Crippen LogP contribution in [0.15, 0.2) is 53.4 Å². The number of esters is 1. The van der Waals surface area contributed by atoms with Crippen LogP contribution in [0.25, 0.3) is 0 Å². The van der Waals surface area contributed by atoms with Crippen molar-refractivity contribution >= 4 is 27.6 Å². The molecule has 0 saturated heterocycles. The third-order valence-corrected chi connectivity index (χ3v) is 4.38. The molecule has 0 saturated carbocycles. The minimum absolute atomic E-state index is 0.0114. The van der Waals surface area contributed by atoms with Crippen molar-refractivity contribution in [3.63, 3.8) is 0 Å². The van der Waals surface area contributed by atoms with Gasteiger partial charge in [-0.3, -0.25) is 9.59 Å². The lowest BCUT2D eigenvalue weighted by Gasteiger charge is -2.09. The summed E-state index contributed by atoms with van der Waals surface area (Å²) in [5.41, 5.74) is 1.18. The number of aryl methyl sites for hydroxylation is 1. The molecule has 0 aliphatic rings. The van der Waals surface area contributed by atoms with Gasteiger partial charge in [0.15, 0.2) is 6.61 Å². The number of carbonyl (C=O) groups excluding carboxylic acids is 2. The van der Waals surface area contributed by atoms with Crippen molar-refractivity contribution in [3.8, 4) is 5.75 Å². The number of sulfonamides is 1. The molecule has 2 aromatic carbocycles. The number of benzene rings is 2. The Morgan fingerprint density at radius 1 is 1.11 bits per heavy atom. The quantitative estimate of drug-likeness (QED) is 0.657. The van der Waals surface area contributed by atoms with Crippen LogP contribution in [0.2, 0.25) is 0 Å². The van der Waals surface area contributed by atoms with E-state index in [0.29, 0.717) is 5.75 Å². The molecule has 0 heterocycles. The van der Waals surface area contributed by atoms with Gasteiger partial charge in [-0.1, -0.05) is 24.3 Å². The second kappa shape index (κ2) is 9.15. The Morgan fingerprint density at radius 3 is 2.56 bits per heavy atom. The highest BCUT2D eigenvalue weighted by Gasteiger charge is 2.11. The van der Waals surface area contributed by atoms with Crippen LogP contribution in [0.1, 0.15) is 12.0 Å². The average Bonchev–Trinajstić information content (AvgIpc) is 2.61. The van der Waals surface area contributed by atoms with E-state index in [1.54, 1.807) is 6.07 Å². The number of hydrogen-bond donors (Lipinski definition) is 2. The van der Waals surface area contributed by atoms with E-state index in [2.05, 4.69) is 5.32 Å². The average molecular weight is 392 g/mol. The lowest BCUT2D eigenvalue weighted by Crippen LogP contribution is -2.22. The van der Waals surface area contributed by atoms with Crippen molar-refractivity contribution in [2.24, 2.45) is 5.14 Å². The maximum Gasteiger partial charge on any atom is 0.309 e. The van der Waals surface area contributed by atoms with E-state index in [-0.39, 0.29) is 23.6 Å². The molecule has 0 radical (unpaired) electrons. The first-order chi connectivity index (χ1) is 12.8. The first-order valence-corrected chi connectivity index (χ1v) is 9.57. The third-order valence-electron chi connectivity index (χ3n) is 3.47. The number of anilines is 1. The van der Waals surface area contributed by atoms with Gasteiger partial charge in [0.25, 0.3) is 5.91 Å². The third kappa shape index (κ3) is 6.72. The summed E-state index contributed by atoms with van der Waals surface area (Å²) in [6.07, 6.45) is -0.0114. The molecule has 0 fully saturated rings. The molecule has 0 aromatic heterocycles. The summed E-state index contributed by atoms with van der Waals surface area (Å²) in [5, 5.41) is 7.46. The molecule has 2 aromatic rings. The van der Waals surface area contributed by atoms with Crippen molar-refractivity contribution in [2.45, 2.75) is 18.2 Å². The molecule has 2 rings (SSSR count). The summed E-state index contributed by atoms with van der Waals surface area (Å²) in [4.78, 5) is 23.4. The number of para-hydroxylation sites is 1. The molecular weight excluding hydrogens is 372 g/mol. The van der Waals surface area contributed by atoms with E-state index < -0.39 is 28.5 Å². The number of nitrogens with two attached hydrogens (primary N) is 1.